The van der Waals surface area contributed by atoms with Crippen LogP contribution in [-0.2, 0) is 11.3 Å². The fourth-order valence-electron chi connectivity index (χ4n) is 1.98. The first-order valence-corrected chi connectivity index (χ1v) is 7.31. The summed E-state index contributed by atoms with van der Waals surface area (Å²) in [5.41, 5.74) is 0.908. The molecule has 0 saturated carbocycles. The first-order valence-electron chi connectivity index (χ1n) is 7.31. The Balaban J connectivity index is 1.85. The highest BCUT2D eigenvalue weighted by Gasteiger charge is 2.15. The van der Waals surface area contributed by atoms with Crippen molar-refractivity contribution >= 4 is 11.6 Å². The lowest BCUT2D eigenvalue weighted by Crippen LogP contribution is -2.35. The van der Waals surface area contributed by atoms with Gasteiger partial charge in [-0.15, -0.1) is 0 Å². The number of nitrogens with one attached hydrogen (secondary N) is 1. The van der Waals surface area contributed by atoms with Crippen molar-refractivity contribution in [2.75, 3.05) is 7.11 Å². The lowest BCUT2D eigenvalue weighted by atomic mass is 10.2. The Bertz CT molecular complexity index is 698. The molecule has 0 aliphatic carbocycles. The van der Waals surface area contributed by atoms with Crippen LogP contribution in [0.5, 0.6) is 11.5 Å². The molecule has 0 radical (unpaired) electrons. The molecule has 2 aromatic carbocycles. The number of benzene rings is 2. The van der Waals surface area contributed by atoms with Gasteiger partial charge in [0.1, 0.15) is 11.5 Å². The second-order valence-electron chi connectivity index (χ2n) is 5.08. The van der Waals surface area contributed by atoms with Gasteiger partial charge in [-0.2, -0.15) is 0 Å². The van der Waals surface area contributed by atoms with Gasteiger partial charge in [-0.1, -0.05) is 12.1 Å². The number of rotatable bonds is 7. The maximum Gasteiger partial charge on any atom is 0.269 e. The fraction of sp³-hybridized carbons (Fsp3) is 0.235. The number of ether oxygens (including phenoxy) is 2. The van der Waals surface area contributed by atoms with E-state index in [-0.39, 0.29) is 11.6 Å². The molecule has 126 valence electrons. The van der Waals surface area contributed by atoms with E-state index >= 15 is 0 Å². The molecule has 1 atom stereocenters. The highest BCUT2D eigenvalue weighted by molar-refractivity contribution is 5.80. The van der Waals surface area contributed by atoms with E-state index in [0.717, 1.165) is 11.3 Å². The third kappa shape index (κ3) is 4.70. The lowest BCUT2D eigenvalue weighted by Gasteiger charge is -2.14. The van der Waals surface area contributed by atoms with Crippen LogP contribution in [0.2, 0.25) is 0 Å². The summed E-state index contributed by atoms with van der Waals surface area (Å²) in [5.74, 6) is 0.872. The standard InChI is InChI=1S/C17H18N2O5/c1-12(24-16-9-5-14(6-10-16)19(21)22)17(20)18-11-13-3-7-15(23-2)8-4-13/h3-10,12H,11H2,1-2H3,(H,18,20). The van der Waals surface area contributed by atoms with E-state index in [9.17, 15) is 14.9 Å². The molecule has 0 aromatic heterocycles. The average molecular weight is 330 g/mol. The lowest BCUT2D eigenvalue weighted by molar-refractivity contribution is -0.384. The summed E-state index contributed by atoms with van der Waals surface area (Å²) in [5, 5.41) is 13.4. The molecular weight excluding hydrogens is 312 g/mol. The molecule has 0 saturated heterocycles. The van der Waals surface area contributed by atoms with Gasteiger partial charge in [-0.05, 0) is 36.8 Å². The Kier molecular flexibility index (Phi) is 5.73. The number of hydrogen-bond donors (Lipinski definition) is 1. The molecule has 0 heterocycles. The van der Waals surface area contributed by atoms with Gasteiger partial charge >= 0.3 is 0 Å². The van der Waals surface area contributed by atoms with E-state index in [4.69, 9.17) is 9.47 Å². The van der Waals surface area contributed by atoms with Crippen LogP contribution < -0.4 is 14.8 Å². The molecular formula is C17H18N2O5. The van der Waals surface area contributed by atoms with E-state index in [1.807, 2.05) is 24.3 Å². The molecule has 2 rings (SSSR count). The van der Waals surface area contributed by atoms with Gasteiger partial charge in [0, 0.05) is 18.7 Å². The molecule has 0 aliphatic heterocycles. The van der Waals surface area contributed by atoms with Crippen molar-refractivity contribution in [1.29, 1.82) is 0 Å². The minimum atomic E-state index is -0.718. The summed E-state index contributed by atoms with van der Waals surface area (Å²) in [6.45, 7) is 1.99. The van der Waals surface area contributed by atoms with Gasteiger partial charge in [0.05, 0.1) is 12.0 Å². The number of nitrogens with zero attached hydrogens (tertiary/aromatic N) is 1. The quantitative estimate of drug-likeness (QED) is 0.622. The Morgan fingerprint density at radius 3 is 2.25 bits per heavy atom. The number of nitro benzene ring substituents is 1. The van der Waals surface area contributed by atoms with Crippen molar-refractivity contribution in [3.63, 3.8) is 0 Å². The summed E-state index contributed by atoms with van der Waals surface area (Å²) in [4.78, 5) is 22.2. The SMILES string of the molecule is COc1ccc(CNC(=O)C(C)Oc2ccc([N+](=O)[O-])cc2)cc1. The van der Waals surface area contributed by atoms with E-state index in [1.54, 1.807) is 14.0 Å². The maximum absolute atomic E-state index is 12.0. The van der Waals surface area contributed by atoms with E-state index in [1.165, 1.54) is 24.3 Å². The van der Waals surface area contributed by atoms with Crippen LogP contribution in [0.25, 0.3) is 0 Å². The summed E-state index contributed by atoms with van der Waals surface area (Å²) in [6.07, 6.45) is -0.718. The van der Waals surface area contributed by atoms with Gasteiger partial charge in [-0.3, -0.25) is 14.9 Å². The van der Waals surface area contributed by atoms with E-state index < -0.39 is 11.0 Å². The molecule has 1 N–H and O–H groups in total. The zero-order chi connectivity index (χ0) is 17.5. The molecule has 24 heavy (non-hydrogen) atoms. The van der Waals surface area contributed by atoms with Gasteiger partial charge < -0.3 is 14.8 Å². The molecule has 0 bridgehead atoms. The van der Waals surface area contributed by atoms with Crippen molar-refractivity contribution in [3.05, 3.63) is 64.2 Å². The first kappa shape index (κ1) is 17.3. The van der Waals surface area contributed by atoms with Crippen LogP contribution in [-0.4, -0.2) is 24.0 Å². The van der Waals surface area contributed by atoms with Crippen molar-refractivity contribution < 1.29 is 19.2 Å². The topological polar surface area (TPSA) is 90.7 Å². The van der Waals surface area contributed by atoms with E-state index in [0.29, 0.717) is 12.3 Å². The molecule has 1 unspecified atom stereocenters. The molecule has 0 aliphatic rings. The molecule has 1 amide bonds. The highest BCUT2D eigenvalue weighted by Crippen LogP contribution is 2.18. The van der Waals surface area contributed by atoms with Crippen LogP contribution in [0.1, 0.15) is 12.5 Å². The summed E-state index contributed by atoms with van der Waals surface area (Å²) >= 11 is 0. The average Bonchev–Trinajstić information content (AvgIpc) is 2.60. The molecule has 0 spiro atoms. The van der Waals surface area contributed by atoms with Gasteiger partial charge in [-0.25, -0.2) is 0 Å². The maximum atomic E-state index is 12.0. The van der Waals surface area contributed by atoms with E-state index in [2.05, 4.69) is 5.32 Å². The summed E-state index contributed by atoms with van der Waals surface area (Å²) in [6, 6.07) is 12.9. The predicted octanol–water partition coefficient (Wildman–Crippen LogP) is 2.69. The Hall–Kier alpha value is -3.09. The number of hydrogen-bond acceptors (Lipinski definition) is 5. The van der Waals surface area contributed by atoms with Gasteiger partial charge in [0.15, 0.2) is 6.10 Å². The highest BCUT2D eigenvalue weighted by atomic mass is 16.6. The largest absolute Gasteiger partial charge is 0.497 e. The van der Waals surface area contributed by atoms with Crippen molar-refractivity contribution in [2.45, 2.75) is 19.6 Å². The first-order chi connectivity index (χ1) is 11.5. The second-order valence-corrected chi connectivity index (χ2v) is 5.08. The Labute approximate surface area is 139 Å². The smallest absolute Gasteiger partial charge is 0.269 e. The molecule has 0 fully saturated rings. The molecule has 2 aromatic rings. The van der Waals surface area contributed by atoms with Crippen molar-refractivity contribution in [2.24, 2.45) is 0 Å². The Morgan fingerprint density at radius 2 is 1.71 bits per heavy atom. The van der Waals surface area contributed by atoms with Crippen LogP contribution in [0, 0.1) is 10.1 Å². The predicted molar refractivity (Wildman–Crippen MR) is 88.0 cm³/mol. The normalized spacial score (nSPS) is 11.4. The van der Waals surface area contributed by atoms with Crippen LogP contribution in [0.3, 0.4) is 0 Å². The number of carbonyl (C=O) groups is 1. The number of carbonyl (C=O) groups excluding carboxylic acids is 1. The minimum absolute atomic E-state index is 0.0287. The molecule has 7 heteroatoms. The second kappa shape index (κ2) is 7.96. The van der Waals surface area contributed by atoms with Gasteiger partial charge in [0.2, 0.25) is 0 Å². The molecule has 7 nitrogen and oxygen atoms in total. The van der Waals surface area contributed by atoms with Crippen LogP contribution >= 0.6 is 0 Å². The summed E-state index contributed by atoms with van der Waals surface area (Å²) in [7, 11) is 1.59. The third-order valence-corrected chi connectivity index (χ3v) is 3.36. The number of nitro groups is 1. The van der Waals surface area contributed by atoms with Crippen molar-refractivity contribution in [3.8, 4) is 11.5 Å². The monoisotopic (exact) mass is 330 g/mol. The van der Waals surface area contributed by atoms with Crippen LogP contribution in [0.4, 0.5) is 5.69 Å². The Morgan fingerprint density at radius 1 is 1.12 bits per heavy atom. The summed E-state index contributed by atoms with van der Waals surface area (Å²) < 4.78 is 10.6. The number of methoxy groups -OCH3 is 1. The fourth-order valence-corrected chi connectivity index (χ4v) is 1.98. The zero-order valence-electron chi connectivity index (χ0n) is 13.4. The number of amides is 1. The third-order valence-electron chi connectivity index (χ3n) is 3.36. The van der Waals surface area contributed by atoms with Gasteiger partial charge in [0.25, 0.3) is 11.6 Å². The van der Waals surface area contributed by atoms with Crippen molar-refractivity contribution in [1.82, 2.24) is 5.32 Å². The minimum Gasteiger partial charge on any atom is -0.497 e. The zero-order valence-corrected chi connectivity index (χ0v) is 13.4. The number of non-ortho nitro benzene ring substituents is 1. The van der Waals surface area contributed by atoms with Crippen LogP contribution in [0.15, 0.2) is 48.5 Å².